The monoisotopic (exact) mass is 267 g/mol. The SMILES string of the molecule is CN(C)C(=O)C1CNCCN1CCc1cccs1. The van der Waals surface area contributed by atoms with Crippen molar-refractivity contribution in [2.75, 3.05) is 40.3 Å². The van der Waals surface area contributed by atoms with Crippen LogP contribution in [0.2, 0.25) is 0 Å². The van der Waals surface area contributed by atoms with Crippen LogP contribution in [0.15, 0.2) is 17.5 Å². The Balaban J connectivity index is 1.93. The molecule has 1 atom stereocenters. The van der Waals surface area contributed by atoms with E-state index >= 15 is 0 Å². The number of carbonyl (C=O) groups is 1. The molecule has 1 amide bonds. The maximum absolute atomic E-state index is 12.1. The van der Waals surface area contributed by atoms with Gasteiger partial charge < -0.3 is 10.2 Å². The Morgan fingerprint density at radius 1 is 1.61 bits per heavy atom. The number of likely N-dealkylation sites (N-methyl/N-ethyl adjacent to an activating group) is 1. The summed E-state index contributed by atoms with van der Waals surface area (Å²) in [6, 6.07) is 4.24. The van der Waals surface area contributed by atoms with Gasteiger partial charge in [0.1, 0.15) is 6.04 Å². The minimum Gasteiger partial charge on any atom is -0.347 e. The third-order valence-electron chi connectivity index (χ3n) is 3.31. The minimum absolute atomic E-state index is 0.00582. The molecule has 1 N–H and O–H groups in total. The molecule has 0 aliphatic carbocycles. The Bertz CT molecular complexity index is 378. The minimum atomic E-state index is -0.00582. The highest BCUT2D eigenvalue weighted by atomic mass is 32.1. The summed E-state index contributed by atoms with van der Waals surface area (Å²) in [6.07, 6.45) is 1.04. The second kappa shape index (κ2) is 6.31. The fourth-order valence-corrected chi connectivity index (χ4v) is 2.96. The highest BCUT2D eigenvalue weighted by Crippen LogP contribution is 2.12. The van der Waals surface area contributed by atoms with Gasteiger partial charge in [-0.15, -0.1) is 11.3 Å². The standard InChI is InChI=1S/C13H21N3OS/c1-15(2)13(17)12-10-14-6-8-16(12)7-5-11-4-3-9-18-11/h3-4,9,12,14H,5-8,10H2,1-2H3. The molecule has 1 fully saturated rings. The summed E-state index contributed by atoms with van der Waals surface area (Å²) in [5.74, 6) is 0.202. The quantitative estimate of drug-likeness (QED) is 0.870. The van der Waals surface area contributed by atoms with Gasteiger partial charge in [0.25, 0.3) is 0 Å². The number of piperazine rings is 1. The van der Waals surface area contributed by atoms with Crippen molar-refractivity contribution in [2.45, 2.75) is 12.5 Å². The van der Waals surface area contributed by atoms with Crippen LogP contribution < -0.4 is 5.32 Å². The third kappa shape index (κ3) is 3.31. The van der Waals surface area contributed by atoms with Crippen LogP contribution in [0.5, 0.6) is 0 Å². The summed E-state index contributed by atoms with van der Waals surface area (Å²) >= 11 is 1.79. The molecule has 0 radical (unpaired) electrons. The zero-order valence-corrected chi connectivity index (χ0v) is 11.9. The van der Waals surface area contributed by atoms with Crippen molar-refractivity contribution in [3.63, 3.8) is 0 Å². The van der Waals surface area contributed by atoms with E-state index in [1.54, 1.807) is 16.2 Å². The summed E-state index contributed by atoms with van der Waals surface area (Å²) < 4.78 is 0. The molecule has 0 aromatic carbocycles. The summed E-state index contributed by atoms with van der Waals surface area (Å²) in [7, 11) is 3.66. The van der Waals surface area contributed by atoms with E-state index in [1.165, 1.54) is 4.88 Å². The largest absolute Gasteiger partial charge is 0.347 e. The van der Waals surface area contributed by atoms with Crippen LogP contribution in [0, 0.1) is 0 Å². The summed E-state index contributed by atoms with van der Waals surface area (Å²) in [4.78, 5) is 17.5. The van der Waals surface area contributed by atoms with Gasteiger partial charge in [0.15, 0.2) is 0 Å². The van der Waals surface area contributed by atoms with Gasteiger partial charge in [0.2, 0.25) is 5.91 Å². The first-order valence-electron chi connectivity index (χ1n) is 6.37. The summed E-state index contributed by atoms with van der Waals surface area (Å²) in [5.41, 5.74) is 0. The molecule has 2 heterocycles. The van der Waals surface area contributed by atoms with Gasteiger partial charge in [-0.1, -0.05) is 6.07 Å². The van der Waals surface area contributed by atoms with Crippen LogP contribution in [0.3, 0.4) is 0 Å². The normalized spacial score (nSPS) is 20.9. The van der Waals surface area contributed by atoms with Crippen molar-refractivity contribution in [2.24, 2.45) is 0 Å². The molecule has 1 aliphatic rings. The summed E-state index contributed by atoms with van der Waals surface area (Å²) in [6.45, 7) is 3.66. The van der Waals surface area contributed by atoms with E-state index in [0.717, 1.165) is 32.6 Å². The van der Waals surface area contributed by atoms with Crippen molar-refractivity contribution in [3.05, 3.63) is 22.4 Å². The van der Waals surface area contributed by atoms with Crippen LogP contribution in [0.4, 0.5) is 0 Å². The van der Waals surface area contributed by atoms with E-state index in [2.05, 4.69) is 27.7 Å². The highest BCUT2D eigenvalue weighted by molar-refractivity contribution is 7.09. The lowest BCUT2D eigenvalue weighted by Crippen LogP contribution is -2.57. The fourth-order valence-electron chi connectivity index (χ4n) is 2.26. The zero-order chi connectivity index (χ0) is 13.0. The van der Waals surface area contributed by atoms with E-state index in [9.17, 15) is 4.79 Å². The van der Waals surface area contributed by atoms with Crippen molar-refractivity contribution in [3.8, 4) is 0 Å². The van der Waals surface area contributed by atoms with Gasteiger partial charge in [-0.05, 0) is 17.9 Å². The zero-order valence-electron chi connectivity index (χ0n) is 11.1. The van der Waals surface area contributed by atoms with E-state index in [0.29, 0.717) is 0 Å². The molecule has 5 heteroatoms. The van der Waals surface area contributed by atoms with Crippen molar-refractivity contribution < 1.29 is 4.79 Å². The number of carbonyl (C=O) groups excluding carboxylic acids is 1. The maximum Gasteiger partial charge on any atom is 0.240 e. The van der Waals surface area contributed by atoms with Crippen LogP contribution in [0.1, 0.15) is 4.88 Å². The Morgan fingerprint density at radius 3 is 3.11 bits per heavy atom. The topological polar surface area (TPSA) is 35.6 Å². The molecular weight excluding hydrogens is 246 g/mol. The van der Waals surface area contributed by atoms with Gasteiger partial charge in [-0.25, -0.2) is 0 Å². The number of hydrogen-bond acceptors (Lipinski definition) is 4. The Morgan fingerprint density at radius 2 is 2.44 bits per heavy atom. The predicted octanol–water partition coefficient (Wildman–Crippen LogP) is 0.653. The second-order valence-electron chi connectivity index (χ2n) is 4.82. The molecule has 0 bridgehead atoms. The molecule has 2 rings (SSSR count). The molecule has 0 spiro atoms. The number of nitrogens with one attached hydrogen (secondary N) is 1. The van der Waals surface area contributed by atoms with E-state index in [4.69, 9.17) is 0 Å². The van der Waals surface area contributed by atoms with Gasteiger partial charge in [-0.3, -0.25) is 9.69 Å². The molecular formula is C13H21N3OS. The molecule has 100 valence electrons. The van der Waals surface area contributed by atoms with Crippen molar-refractivity contribution in [1.82, 2.24) is 15.1 Å². The molecule has 1 unspecified atom stereocenters. The average Bonchev–Trinajstić information content (AvgIpc) is 2.89. The maximum atomic E-state index is 12.1. The molecule has 1 aromatic rings. The van der Waals surface area contributed by atoms with Crippen molar-refractivity contribution >= 4 is 17.2 Å². The molecule has 1 aliphatic heterocycles. The lowest BCUT2D eigenvalue weighted by molar-refractivity contribution is -0.135. The number of amides is 1. The Kier molecular flexibility index (Phi) is 4.74. The van der Waals surface area contributed by atoms with E-state index in [-0.39, 0.29) is 11.9 Å². The average molecular weight is 267 g/mol. The molecule has 4 nitrogen and oxygen atoms in total. The molecule has 0 saturated carbocycles. The fraction of sp³-hybridized carbons (Fsp3) is 0.615. The van der Waals surface area contributed by atoms with Crippen LogP contribution in [0.25, 0.3) is 0 Å². The second-order valence-corrected chi connectivity index (χ2v) is 5.85. The first kappa shape index (κ1) is 13.5. The first-order chi connectivity index (χ1) is 8.68. The molecule has 18 heavy (non-hydrogen) atoms. The third-order valence-corrected chi connectivity index (χ3v) is 4.24. The van der Waals surface area contributed by atoms with Gasteiger partial charge in [-0.2, -0.15) is 0 Å². The van der Waals surface area contributed by atoms with Gasteiger partial charge >= 0.3 is 0 Å². The smallest absolute Gasteiger partial charge is 0.240 e. The van der Waals surface area contributed by atoms with E-state index < -0.39 is 0 Å². The Hall–Kier alpha value is -0.910. The number of hydrogen-bond donors (Lipinski definition) is 1. The highest BCUT2D eigenvalue weighted by Gasteiger charge is 2.29. The van der Waals surface area contributed by atoms with Crippen LogP contribution in [-0.4, -0.2) is 62.0 Å². The lowest BCUT2D eigenvalue weighted by Gasteiger charge is -2.36. The summed E-state index contributed by atoms with van der Waals surface area (Å²) in [5, 5.41) is 5.41. The van der Waals surface area contributed by atoms with Crippen molar-refractivity contribution in [1.29, 1.82) is 0 Å². The first-order valence-corrected chi connectivity index (χ1v) is 7.25. The van der Waals surface area contributed by atoms with E-state index in [1.807, 2.05) is 14.1 Å². The number of thiophene rings is 1. The van der Waals surface area contributed by atoms with Gasteiger partial charge in [0.05, 0.1) is 0 Å². The molecule has 1 aromatic heterocycles. The Labute approximate surface area is 113 Å². The lowest BCUT2D eigenvalue weighted by atomic mass is 10.1. The van der Waals surface area contributed by atoms with Crippen LogP contribution in [-0.2, 0) is 11.2 Å². The van der Waals surface area contributed by atoms with Crippen LogP contribution >= 0.6 is 11.3 Å². The number of rotatable bonds is 4. The molecule has 1 saturated heterocycles. The van der Waals surface area contributed by atoms with Gasteiger partial charge in [0, 0.05) is 45.2 Å². The predicted molar refractivity (Wildman–Crippen MR) is 74.9 cm³/mol. The number of nitrogens with zero attached hydrogens (tertiary/aromatic N) is 2.